The van der Waals surface area contributed by atoms with Gasteiger partial charge in [0.05, 0.1) is 11.9 Å². The van der Waals surface area contributed by atoms with Crippen molar-refractivity contribution in [2.45, 2.75) is 6.42 Å². The minimum Gasteiger partial charge on any atom is -0.356 e. The highest BCUT2D eigenvalue weighted by Gasteiger charge is 2.11. The van der Waals surface area contributed by atoms with Gasteiger partial charge in [-0.25, -0.2) is 9.07 Å². The predicted octanol–water partition coefficient (Wildman–Crippen LogP) is 2.48. The maximum atomic E-state index is 13.2. The molecular formula is C21H19FN6O2. The Bertz CT molecular complexity index is 1240. The van der Waals surface area contributed by atoms with Crippen LogP contribution >= 0.6 is 0 Å². The van der Waals surface area contributed by atoms with E-state index in [2.05, 4.69) is 25.7 Å². The third-order valence-electron chi connectivity index (χ3n) is 4.46. The average molecular weight is 406 g/mol. The van der Waals surface area contributed by atoms with E-state index < -0.39 is 5.82 Å². The number of carbonyl (C=O) groups excluding carboxylic acids is 1. The molecule has 2 aromatic carbocycles. The second-order valence-electron chi connectivity index (χ2n) is 6.59. The van der Waals surface area contributed by atoms with Gasteiger partial charge < -0.3 is 10.6 Å². The smallest absolute Gasteiger partial charge is 0.263 e. The van der Waals surface area contributed by atoms with Crippen LogP contribution < -0.4 is 16.2 Å². The molecule has 9 heteroatoms. The van der Waals surface area contributed by atoms with Crippen molar-refractivity contribution >= 4 is 22.9 Å². The number of hydrogen-bond acceptors (Lipinski definition) is 5. The van der Waals surface area contributed by atoms with Crippen LogP contribution in [0.1, 0.15) is 16.8 Å². The van der Waals surface area contributed by atoms with Crippen molar-refractivity contribution in [1.82, 2.24) is 25.1 Å². The summed E-state index contributed by atoms with van der Waals surface area (Å²) in [6.07, 6.45) is 2.07. The number of H-pyrrole nitrogens is 1. The third kappa shape index (κ3) is 4.19. The van der Waals surface area contributed by atoms with Gasteiger partial charge in [-0.2, -0.15) is 10.1 Å². The Labute approximate surface area is 170 Å². The number of hydrogen-bond donors (Lipinski definition) is 3. The van der Waals surface area contributed by atoms with E-state index in [1.165, 1.54) is 24.4 Å². The Morgan fingerprint density at radius 3 is 2.73 bits per heavy atom. The van der Waals surface area contributed by atoms with Gasteiger partial charge in [-0.15, -0.1) is 0 Å². The third-order valence-corrected chi connectivity index (χ3v) is 4.46. The van der Waals surface area contributed by atoms with Gasteiger partial charge in [-0.1, -0.05) is 24.3 Å². The van der Waals surface area contributed by atoms with Crippen LogP contribution in [0, 0.1) is 5.82 Å². The van der Waals surface area contributed by atoms with E-state index in [4.69, 9.17) is 0 Å². The van der Waals surface area contributed by atoms with Crippen LogP contribution in [-0.4, -0.2) is 38.7 Å². The quantitative estimate of drug-likeness (QED) is 0.409. The van der Waals surface area contributed by atoms with Crippen molar-refractivity contribution in [3.63, 3.8) is 0 Å². The molecule has 0 aliphatic carbocycles. The van der Waals surface area contributed by atoms with Crippen LogP contribution in [0.5, 0.6) is 0 Å². The molecule has 2 heterocycles. The number of nitrogens with one attached hydrogen (secondary N) is 3. The van der Waals surface area contributed by atoms with Crippen LogP contribution in [0.3, 0.4) is 0 Å². The molecule has 0 bridgehead atoms. The van der Waals surface area contributed by atoms with Crippen molar-refractivity contribution in [3.05, 3.63) is 82.5 Å². The van der Waals surface area contributed by atoms with Crippen molar-refractivity contribution in [3.8, 4) is 5.69 Å². The lowest BCUT2D eigenvalue weighted by molar-refractivity contribution is 0.0953. The van der Waals surface area contributed by atoms with Crippen LogP contribution in [0.25, 0.3) is 16.7 Å². The van der Waals surface area contributed by atoms with Gasteiger partial charge in [0.25, 0.3) is 11.5 Å². The minimum atomic E-state index is -0.454. The highest BCUT2D eigenvalue weighted by Crippen LogP contribution is 2.14. The number of para-hydroxylation sites is 1. The van der Waals surface area contributed by atoms with Gasteiger partial charge in [0.1, 0.15) is 11.2 Å². The summed E-state index contributed by atoms with van der Waals surface area (Å²) in [5.74, 6) is -0.472. The summed E-state index contributed by atoms with van der Waals surface area (Å²) < 4.78 is 14.8. The summed E-state index contributed by atoms with van der Waals surface area (Å²) in [7, 11) is 0. The van der Waals surface area contributed by atoms with Gasteiger partial charge in [-0.05, 0) is 36.8 Å². The van der Waals surface area contributed by atoms with Gasteiger partial charge in [0.15, 0.2) is 5.65 Å². The molecule has 3 N–H and O–H groups in total. The molecule has 1 amide bonds. The van der Waals surface area contributed by atoms with E-state index in [1.807, 2.05) is 30.3 Å². The molecule has 0 fully saturated rings. The number of benzene rings is 2. The molecule has 0 spiro atoms. The molecule has 0 radical (unpaired) electrons. The molecule has 0 aliphatic rings. The number of rotatable bonds is 7. The fourth-order valence-electron chi connectivity index (χ4n) is 2.99. The molecular weight excluding hydrogens is 387 g/mol. The first-order valence-electron chi connectivity index (χ1n) is 9.43. The van der Waals surface area contributed by atoms with E-state index in [-0.39, 0.29) is 17.0 Å². The Balaban J connectivity index is 1.37. The van der Waals surface area contributed by atoms with Gasteiger partial charge in [0, 0.05) is 18.7 Å². The zero-order valence-electron chi connectivity index (χ0n) is 15.9. The number of anilines is 1. The minimum absolute atomic E-state index is 0.272. The lowest BCUT2D eigenvalue weighted by atomic mass is 10.2. The summed E-state index contributed by atoms with van der Waals surface area (Å²) in [5.41, 5.74) is 1.24. The lowest BCUT2D eigenvalue weighted by Crippen LogP contribution is -2.26. The number of nitrogens with zero attached hydrogens (tertiary/aromatic N) is 3. The summed E-state index contributed by atoms with van der Waals surface area (Å²) in [4.78, 5) is 31.5. The second-order valence-corrected chi connectivity index (χ2v) is 6.59. The molecule has 8 nitrogen and oxygen atoms in total. The normalized spacial score (nSPS) is 10.8. The second kappa shape index (κ2) is 8.56. The van der Waals surface area contributed by atoms with Crippen molar-refractivity contribution < 1.29 is 9.18 Å². The first-order valence-corrected chi connectivity index (χ1v) is 9.43. The standard InChI is InChI=1S/C21H19FN6O2/c22-15-7-4-6-14(12-15)19(29)23-10-5-11-24-21-26-18-17(20(30)27-21)13-25-28(18)16-8-2-1-3-9-16/h1-4,6-9,12-13H,5,10-11H2,(H,23,29)(H2,24,26,27,30). The Morgan fingerprint density at radius 2 is 1.93 bits per heavy atom. The summed E-state index contributed by atoms with van der Waals surface area (Å²) in [6, 6.07) is 14.9. The van der Waals surface area contributed by atoms with E-state index in [0.717, 1.165) is 5.69 Å². The van der Waals surface area contributed by atoms with Gasteiger partial charge in [0.2, 0.25) is 5.95 Å². The zero-order chi connectivity index (χ0) is 20.9. The fraction of sp³-hybridized carbons (Fsp3) is 0.143. The molecule has 30 heavy (non-hydrogen) atoms. The molecule has 0 atom stereocenters. The molecule has 152 valence electrons. The Kier molecular flexibility index (Phi) is 5.51. The van der Waals surface area contributed by atoms with E-state index in [9.17, 15) is 14.0 Å². The molecule has 4 rings (SSSR count). The number of fused-ring (bicyclic) bond motifs is 1. The number of carbonyl (C=O) groups is 1. The van der Waals surface area contributed by atoms with Crippen LogP contribution in [0.15, 0.2) is 65.6 Å². The monoisotopic (exact) mass is 406 g/mol. The Morgan fingerprint density at radius 1 is 1.10 bits per heavy atom. The van der Waals surface area contributed by atoms with Crippen LogP contribution in [0.2, 0.25) is 0 Å². The fourth-order valence-corrected chi connectivity index (χ4v) is 2.99. The van der Waals surface area contributed by atoms with Crippen LogP contribution in [-0.2, 0) is 0 Å². The number of halogens is 1. The molecule has 0 unspecified atom stereocenters. The molecule has 2 aromatic heterocycles. The van der Waals surface area contributed by atoms with Gasteiger partial charge in [-0.3, -0.25) is 14.6 Å². The Hall–Kier alpha value is -4.01. The molecule has 0 aliphatic heterocycles. The predicted molar refractivity (Wildman–Crippen MR) is 111 cm³/mol. The van der Waals surface area contributed by atoms with Crippen molar-refractivity contribution in [2.24, 2.45) is 0 Å². The number of amides is 1. The van der Waals surface area contributed by atoms with E-state index in [1.54, 1.807) is 10.7 Å². The highest BCUT2D eigenvalue weighted by atomic mass is 19.1. The topological polar surface area (TPSA) is 105 Å². The van der Waals surface area contributed by atoms with Crippen molar-refractivity contribution in [2.75, 3.05) is 18.4 Å². The maximum absolute atomic E-state index is 13.2. The first-order chi connectivity index (χ1) is 14.6. The molecule has 4 aromatic rings. The van der Waals surface area contributed by atoms with Crippen LogP contribution in [0.4, 0.5) is 10.3 Å². The van der Waals surface area contributed by atoms with E-state index in [0.29, 0.717) is 36.5 Å². The number of aromatic nitrogens is 4. The molecule has 0 saturated carbocycles. The zero-order valence-corrected chi connectivity index (χ0v) is 15.9. The average Bonchev–Trinajstić information content (AvgIpc) is 3.18. The van der Waals surface area contributed by atoms with Gasteiger partial charge >= 0.3 is 0 Å². The largest absolute Gasteiger partial charge is 0.356 e. The van der Waals surface area contributed by atoms with Crippen molar-refractivity contribution in [1.29, 1.82) is 0 Å². The molecule has 0 saturated heterocycles. The summed E-state index contributed by atoms with van der Waals surface area (Å²) in [5, 5.41) is 10.4. The summed E-state index contributed by atoms with van der Waals surface area (Å²) in [6.45, 7) is 0.855. The maximum Gasteiger partial charge on any atom is 0.263 e. The lowest BCUT2D eigenvalue weighted by Gasteiger charge is -2.08. The van der Waals surface area contributed by atoms with E-state index >= 15 is 0 Å². The highest BCUT2D eigenvalue weighted by molar-refractivity contribution is 5.94. The summed E-state index contributed by atoms with van der Waals surface area (Å²) >= 11 is 0. The first kappa shape index (κ1) is 19.3. The SMILES string of the molecule is O=C(NCCCNc1nc2c(cnn2-c2ccccc2)c(=O)[nH]1)c1cccc(F)c1. The number of aromatic amines is 1.